The summed E-state index contributed by atoms with van der Waals surface area (Å²) in [6.45, 7) is 4.91. The standard InChI is InChI=1S/C61H117NO5/c1-3-5-7-9-11-13-15-17-19-27-31-35-39-43-47-51-55-61(66)67-56-52-48-44-40-36-32-28-25-23-21-20-22-24-26-30-34-38-42-46-50-54-60(65)62-58(57-63)59(64)53-49-45-41-37-33-29-18-16-14-12-10-8-6-4-2/h20,22,49,53,58-59,63-64H,3-19,21,23-48,50-52,54-57H2,1-2H3,(H,62,65)/b22-20-,53-49+. The maximum Gasteiger partial charge on any atom is 0.305 e. The zero-order valence-electron chi connectivity index (χ0n) is 45.1. The predicted molar refractivity (Wildman–Crippen MR) is 292 cm³/mol. The van der Waals surface area contributed by atoms with Crippen molar-refractivity contribution in [1.82, 2.24) is 5.32 Å². The molecule has 0 aliphatic carbocycles. The van der Waals surface area contributed by atoms with Crippen LogP contribution in [0.15, 0.2) is 24.3 Å². The van der Waals surface area contributed by atoms with Gasteiger partial charge in [-0.25, -0.2) is 0 Å². The fourth-order valence-electron chi connectivity index (χ4n) is 9.34. The van der Waals surface area contributed by atoms with Gasteiger partial charge in [0.05, 0.1) is 25.4 Å². The molecule has 0 saturated carbocycles. The van der Waals surface area contributed by atoms with Crippen LogP contribution in [0.5, 0.6) is 0 Å². The van der Waals surface area contributed by atoms with Gasteiger partial charge in [-0.1, -0.05) is 282 Å². The van der Waals surface area contributed by atoms with Gasteiger partial charge in [0.1, 0.15) is 0 Å². The van der Waals surface area contributed by atoms with E-state index in [9.17, 15) is 19.8 Å². The Balaban J connectivity index is 3.43. The van der Waals surface area contributed by atoms with Crippen LogP contribution in [0.4, 0.5) is 0 Å². The van der Waals surface area contributed by atoms with Crippen LogP contribution in [0.3, 0.4) is 0 Å². The molecule has 3 N–H and O–H groups in total. The van der Waals surface area contributed by atoms with Crippen molar-refractivity contribution in [2.75, 3.05) is 13.2 Å². The zero-order valence-corrected chi connectivity index (χ0v) is 45.1. The third-order valence-corrected chi connectivity index (χ3v) is 14.0. The van der Waals surface area contributed by atoms with E-state index in [2.05, 4.69) is 31.3 Å². The molecule has 396 valence electrons. The fourth-order valence-corrected chi connectivity index (χ4v) is 9.34. The van der Waals surface area contributed by atoms with Gasteiger partial charge in [0.25, 0.3) is 0 Å². The molecule has 0 bridgehead atoms. The number of amides is 1. The molecule has 2 atom stereocenters. The normalized spacial score (nSPS) is 12.7. The van der Waals surface area contributed by atoms with Gasteiger partial charge in [0.2, 0.25) is 5.91 Å². The average Bonchev–Trinajstić information content (AvgIpc) is 3.33. The smallest absolute Gasteiger partial charge is 0.305 e. The Morgan fingerprint density at radius 2 is 0.701 bits per heavy atom. The predicted octanol–water partition coefficient (Wildman–Crippen LogP) is 18.6. The molecule has 2 unspecified atom stereocenters. The van der Waals surface area contributed by atoms with Crippen LogP contribution in [0.1, 0.15) is 328 Å². The molecule has 0 aliphatic rings. The van der Waals surface area contributed by atoms with Crippen LogP contribution in [0.25, 0.3) is 0 Å². The van der Waals surface area contributed by atoms with Crippen LogP contribution in [-0.4, -0.2) is 47.4 Å². The van der Waals surface area contributed by atoms with Crippen molar-refractivity contribution in [2.24, 2.45) is 0 Å². The van der Waals surface area contributed by atoms with Crippen molar-refractivity contribution >= 4 is 11.9 Å². The largest absolute Gasteiger partial charge is 0.466 e. The van der Waals surface area contributed by atoms with Crippen LogP contribution < -0.4 is 5.32 Å². The van der Waals surface area contributed by atoms with Crippen LogP contribution in [0, 0.1) is 0 Å². The summed E-state index contributed by atoms with van der Waals surface area (Å²) in [7, 11) is 0. The van der Waals surface area contributed by atoms with Crippen molar-refractivity contribution in [3.05, 3.63) is 24.3 Å². The van der Waals surface area contributed by atoms with E-state index in [0.717, 1.165) is 44.9 Å². The average molecular weight is 945 g/mol. The summed E-state index contributed by atoms with van der Waals surface area (Å²) in [6.07, 6.45) is 69.2. The molecule has 67 heavy (non-hydrogen) atoms. The third-order valence-electron chi connectivity index (χ3n) is 14.0. The molecule has 0 rings (SSSR count). The number of unbranched alkanes of at least 4 members (excludes halogenated alkanes) is 43. The Morgan fingerprint density at radius 3 is 1.06 bits per heavy atom. The second kappa shape index (κ2) is 56.9. The highest BCUT2D eigenvalue weighted by Crippen LogP contribution is 2.17. The molecule has 0 aliphatic heterocycles. The molecular formula is C61H117NO5. The lowest BCUT2D eigenvalue weighted by Crippen LogP contribution is -2.45. The maximum atomic E-state index is 12.4. The van der Waals surface area contributed by atoms with Crippen molar-refractivity contribution in [1.29, 1.82) is 0 Å². The number of carbonyl (C=O) groups is 2. The number of rotatable bonds is 56. The molecule has 1 amide bonds. The highest BCUT2D eigenvalue weighted by atomic mass is 16.5. The van der Waals surface area contributed by atoms with E-state index in [1.807, 2.05) is 6.08 Å². The van der Waals surface area contributed by atoms with Gasteiger partial charge < -0.3 is 20.3 Å². The number of hydrogen-bond donors (Lipinski definition) is 3. The van der Waals surface area contributed by atoms with E-state index in [1.54, 1.807) is 6.08 Å². The van der Waals surface area contributed by atoms with Gasteiger partial charge >= 0.3 is 5.97 Å². The van der Waals surface area contributed by atoms with Crippen LogP contribution >= 0.6 is 0 Å². The minimum absolute atomic E-state index is 0.00917. The topological polar surface area (TPSA) is 95.9 Å². The zero-order chi connectivity index (χ0) is 48.6. The Morgan fingerprint density at radius 1 is 0.403 bits per heavy atom. The summed E-state index contributed by atoms with van der Waals surface area (Å²) in [6, 6.07) is -0.633. The monoisotopic (exact) mass is 944 g/mol. The summed E-state index contributed by atoms with van der Waals surface area (Å²) in [5.41, 5.74) is 0. The van der Waals surface area contributed by atoms with Crippen LogP contribution in [0.2, 0.25) is 0 Å². The van der Waals surface area contributed by atoms with E-state index in [-0.39, 0.29) is 18.5 Å². The number of allylic oxidation sites excluding steroid dienone is 3. The van der Waals surface area contributed by atoms with E-state index < -0.39 is 12.1 Å². The van der Waals surface area contributed by atoms with Gasteiger partial charge in [-0.05, 0) is 57.8 Å². The SMILES string of the molecule is CCCCCCCCCCCCCC/C=C/C(O)C(CO)NC(=O)CCCCCCCCC/C=C\CCCCCCCCCCCOC(=O)CCCCCCCCCCCCCCCCCC. The quantitative estimate of drug-likeness (QED) is 0.0321. The van der Waals surface area contributed by atoms with Gasteiger partial charge in [0.15, 0.2) is 0 Å². The molecule has 0 saturated heterocycles. The number of nitrogens with one attached hydrogen (secondary N) is 1. The first-order chi connectivity index (χ1) is 33.0. The summed E-state index contributed by atoms with van der Waals surface area (Å²) in [4.78, 5) is 24.5. The highest BCUT2D eigenvalue weighted by molar-refractivity contribution is 5.76. The molecule has 0 aromatic heterocycles. The van der Waals surface area contributed by atoms with E-state index in [1.165, 1.54) is 257 Å². The first-order valence-electron chi connectivity index (χ1n) is 30.1. The first-order valence-corrected chi connectivity index (χ1v) is 30.1. The van der Waals surface area contributed by atoms with E-state index >= 15 is 0 Å². The van der Waals surface area contributed by atoms with Gasteiger partial charge in [-0.2, -0.15) is 0 Å². The molecule has 0 heterocycles. The summed E-state index contributed by atoms with van der Waals surface area (Å²) in [5, 5.41) is 23.1. The van der Waals surface area contributed by atoms with E-state index in [4.69, 9.17) is 4.74 Å². The molecule has 0 fully saturated rings. The van der Waals surface area contributed by atoms with Crippen molar-refractivity contribution < 1.29 is 24.5 Å². The Kier molecular flexibility index (Phi) is 55.5. The molecule has 0 spiro atoms. The Hall–Kier alpha value is -1.66. The molecule has 0 radical (unpaired) electrons. The second-order valence-electron chi connectivity index (χ2n) is 20.7. The third kappa shape index (κ3) is 53.5. The second-order valence-corrected chi connectivity index (χ2v) is 20.7. The lowest BCUT2D eigenvalue weighted by Gasteiger charge is -2.20. The lowest BCUT2D eigenvalue weighted by atomic mass is 10.0. The molecular weight excluding hydrogens is 827 g/mol. The first kappa shape index (κ1) is 65.3. The maximum absolute atomic E-state index is 12.4. The van der Waals surface area contributed by atoms with Gasteiger partial charge in [-0.3, -0.25) is 9.59 Å². The van der Waals surface area contributed by atoms with Gasteiger partial charge in [0, 0.05) is 12.8 Å². The van der Waals surface area contributed by atoms with E-state index in [0.29, 0.717) is 19.4 Å². The van der Waals surface area contributed by atoms with Crippen molar-refractivity contribution in [3.8, 4) is 0 Å². The van der Waals surface area contributed by atoms with Crippen LogP contribution in [-0.2, 0) is 14.3 Å². The number of ether oxygens (including phenoxy) is 1. The summed E-state index contributed by atoms with van der Waals surface area (Å²) in [5.74, 6) is -0.0664. The minimum Gasteiger partial charge on any atom is -0.466 e. The Labute approximate surface area is 418 Å². The number of esters is 1. The highest BCUT2D eigenvalue weighted by Gasteiger charge is 2.18. The van der Waals surface area contributed by atoms with Crippen molar-refractivity contribution in [2.45, 2.75) is 341 Å². The molecule has 6 nitrogen and oxygen atoms in total. The molecule has 0 aromatic carbocycles. The van der Waals surface area contributed by atoms with Gasteiger partial charge in [-0.15, -0.1) is 0 Å². The molecule has 0 aromatic rings. The fraction of sp³-hybridized carbons (Fsp3) is 0.902. The minimum atomic E-state index is -0.849. The summed E-state index contributed by atoms with van der Waals surface area (Å²) < 4.78 is 5.49. The molecule has 6 heteroatoms. The Bertz CT molecular complexity index is 1040. The number of hydrogen-bond acceptors (Lipinski definition) is 5. The van der Waals surface area contributed by atoms with Crippen molar-refractivity contribution in [3.63, 3.8) is 0 Å². The number of carbonyl (C=O) groups excluding carboxylic acids is 2. The summed E-state index contributed by atoms with van der Waals surface area (Å²) >= 11 is 0. The number of aliphatic hydroxyl groups is 2. The number of aliphatic hydroxyl groups excluding tert-OH is 2. The lowest BCUT2D eigenvalue weighted by molar-refractivity contribution is -0.143.